The number of nitrogen functional groups attached to an aromatic ring is 1. The summed E-state index contributed by atoms with van der Waals surface area (Å²) in [6.45, 7) is 6.08. The maximum Gasteiger partial charge on any atom is 0.252 e. The fourth-order valence-electron chi connectivity index (χ4n) is 2.55. The van der Waals surface area contributed by atoms with E-state index in [9.17, 15) is 4.79 Å². The highest BCUT2D eigenvalue weighted by Gasteiger charge is 2.20. The van der Waals surface area contributed by atoms with Gasteiger partial charge in [0.2, 0.25) is 0 Å². The maximum absolute atomic E-state index is 12.6. The zero-order valence-corrected chi connectivity index (χ0v) is 15.3. The van der Waals surface area contributed by atoms with Gasteiger partial charge >= 0.3 is 0 Å². The van der Waals surface area contributed by atoms with Crippen molar-refractivity contribution in [2.75, 3.05) is 12.8 Å². The number of benzene rings is 2. The highest BCUT2D eigenvalue weighted by Crippen LogP contribution is 2.25. The van der Waals surface area contributed by atoms with Crippen LogP contribution in [0.2, 0.25) is 0 Å². The van der Waals surface area contributed by atoms with Crippen molar-refractivity contribution >= 4 is 24.0 Å². The molecule has 1 atom stereocenters. The van der Waals surface area contributed by atoms with Crippen LogP contribution in [-0.2, 0) is 0 Å². The molecule has 2 aromatic rings. The molecule has 4 nitrogen and oxygen atoms in total. The molecule has 0 saturated heterocycles. The molecule has 3 N–H and O–H groups in total. The molecule has 5 heteroatoms. The molecule has 1 unspecified atom stereocenters. The van der Waals surface area contributed by atoms with Crippen LogP contribution >= 0.6 is 12.4 Å². The van der Waals surface area contributed by atoms with Crippen molar-refractivity contribution in [1.82, 2.24) is 5.32 Å². The van der Waals surface area contributed by atoms with E-state index in [1.165, 1.54) is 0 Å². The third kappa shape index (κ3) is 4.65. The van der Waals surface area contributed by atoms with Gasteiger partial charge in [-0.1, -0.05) is 32.0 Å². The van der Waals surface area contributed by atoms with E-state index in [4.69, 9.17) is 10.5 Å². The average molecular weight is 349 g/mol. The lowest BCUT2D eigenvalue weighted by atomic mass is 9.95. The standard InChI is InChI=1S/C19H24N2O2.ClH/c1-12(2)18(14-6-9-16(23-4)10-7-14)21-19(22)17-11-15(20)8-5-13(17)3;/h5-12,18H,20H2,1-4H3,(H,21,22);1H. The zero-order valence-electron chi connectivity index (χ0n) is 14.5. The van der Waals surface area contributed by atoms with Crippen LogP contribution in [0.3, 0.4) is 0 Å². The van der Waals surface area contributed by atoms with Crippen LogP contribution < -0.4 is 15.8 Å². The lowest BCUT2D eigenvalue weighted by molar-refractivity contribution is 0.0925. The summed E-state index contributed by atoms with van der Waals surface area (Å²) in [6, 6.07) is 13.1. The SMILES string of the molecule is COc1ccc(C(NC(=O)c2cc(N)ccc2C)C(C)C)cc1.Cl. The van der Waals surface area contributed by atoms with Crippen LogP contribution in [0.15, 0.2) is 42.5 Å². The van der Waals surface area contributed by atoms with E-state index in [0.717, 1.165) is 16.9 Å². The Morgan fingerprint density at radius 1 is 1.12 bits per heavy atom. The topological polar surface area (TPSA) is 64.3 Å². The molecule has 0 saturated carbocycles. The van der Waals surface area contributed by atoms with Gasteiger partial charge in [-0.3, -0.25) is 4.79 Å². The van der Waals surface area contributed by atoms with E-state index in [1.54, 1.807) is 19.2 Å². The Bertz CT molecular complexity index is 684. The van der Waals surface area contributed by atoms with E-state index < -0.39 is 0 Å². The van der Waals surface area contributed by atoms with Gasteiger partial charge in [-0.25, -0.2) is 0 Å². The lowest BCUT2D eigenvalue weighted by Crippen LogP contribution is -2.32. The van der Waals surface area contributed by atoms with Gasteiger partial charge in [-0.15, -0.1) is 12.4 Å². The van der Waals surface area contributed by atoms with Crippen LogP contribution in [0.4, 0.5) is 5.69 Å². The number of amides is 1. The fraction of sp³-hybridized carbons (Fsp3) is 0.316. The van der Waals surface area contributed by atoms with Crippen LogP contribution in [-0.4, -0.2) is 13.0 Å². The second-order valence-corrected chi connectivity index (χ2v) is 6.04. The number of halogens is 1. The predicted molar refractivity (Wildman–Crippen MR) is 101 cm³/mol. The number of anilines is 1. The minimum Gasteiger partial charge on any atom is -0.497 e. The van der Waals surface area contributed by atoms with Gasteiger partial charge in [0, 0.05) is 11.3 Å². The molecule has 0 spiro atoms. The lowest BCUT2D eigenvalue weighted by Gasteiger charge is -2.23. The first-order valence-corrected chi connectivity index (χ1v) is 7.73. The molecule has 0 aliphatic carbocycles. The first-order valence-electron chi connectivity index (χ1n) is 7.73. The van der Waals surface area contributed by atoms with Gasteiger partial charge in [0.1, 0.15) is 5.75 Å². The van der Waals surface area contributed by atoms with E-state index >= 15 is 0 Å². The second kappa shape index (κ2) is 8.60. The van der Waals surface area contributed by atoms with Crippen LogP contribution in [0, 0.1) is 12.8 Å². The van der Waals surface area contributed by atoms with Crippen molar-refractivity contribution in [2.24, 2.45) is 5.92 Å². The molecule has 0 heterocycles. The molecular formula is C19H25ClN2O2. The van der Waals surface area contributed by atoms with Crippen molar-refractivity contribution in [1.29, 1.82) is 0 Å². The monoisotopic (exact) mass is 348 g/mol. The molecular weight excluding hydrogens is 324 g/mol. The normalized spacial score (nSPS) is 11.5. The highest BCUT2D eigenvalue weighted by molar-refractivity contribution is 5.96. The minimum absolute atomic E-state index is 0. The third-order valence-corrected chi connectivity index (χ3v) is 3.93. The summed E-state index contributed by atoms with van der Waals surface area (Å²) in [5.41, 5.74) is 8.97. The molecule has 0 bridgehead atoms. The van der Waals surface area contributed by atoms with Crippen molar-refractivity contribution in [3.05, 3.63) is 59.2 Å². The summed E-state index contributed by atoms with van der Waals surface area (Å²) in [5.74, 6) is 0.951. The van der Waals surface area contributed by atoms with Crippen LogP contribution in [0.5, 0.6) is 5.75 Å². The molecule has 0 fully saturated rings. The molecule has 0 aliphatic rings. The molecule has 0 radical (unpaired) electrons. The van der Waals surface area contributed by atoms with Crippen molar-refractivity contribution < 1.29 is 9.53 Å². The first kappa shape index (κ1) is 19.8. The Morgan fingerprint density at radius 3 is 2.29 bits per heavy atom. The van der Waals surface area contributed by atoms with E-state index in [1.807, 2.05) is 37.3 Å². The Kier molecular flexibility index (Phi) is 7.11. The largest absolute Gasteiger partial charge is 0.497 e. The average Bonchev–Trinajstić information content (AvgIpc) is 2.54. The number of methoxy groups -OCH3 is 1. The number of aryl methyl sites for hydroxylation is 1. The van der Waals surface area contributed by atoms with E-state index in [2.05, 4.69) is 19.2 Å². The van der Waals surface area contributed by atoms with Gasteiger partial charge in [-0.05, 0) is 48.2 Å². The Hall–Kier alpha value is -2.20. The number of carbonyl (C=O) groups is 1. The molecule has 1 amide bonds. The van der Waals surface area contributed by atoms with Gasteiger partial charge in [-0.2, -0.15) is 0 Å². The first-order chi connectivity index (χ1) is 10.9. The number of nitrogens with two attached hydrogens (primary N) is 1. The molecule has 24 heavy (non-hydrogen) atoms. The van der Waals surface area contributed by atoms with Gasteiger partial charge in [0.25, 0.3) is 5.91 Å². The quantitative estimate of drug-likeness (QED) is 0.798. The molecule has 0 aromatic heterocycles. The van der Waals surface area contributed by atoms with Crippen LogP contribution in [0.1, 0.15) is 41.4 Å². The van der Waals surface area contributed by atoms with Crippen molar-refractivity contribution in [3.8, 4) is 5.75 Å². The van der Waals surface area contributed by atoms with Gasteiger partial charge in [0.05, 0.1) is 13.2 Å². The van der Waals surface area contributed by atoms with Gasteiger partial charge < -0.3 is 15.8 Å². The molecule has 0 aliphatic heterocycles. The summed E-state index contributed by atoms with van der Waals surface area (Å²) in [5, 5.41) is 3.12. The molecule has 2 aromatic carbocycles. The summed E-state index contributed by atoms with van der Waals surface area (Å²) < 4.78 is 5.19. The summed E-state index contributed by atoms with van der Waals surface area (Å²) in [7, 11) is 1.64. The Balaban J connectivity index is 0.00000288. The second-order valence-electron chi connectivity index (χ2n) is 6.04. The van der Waals surface area contributed by atoms with Gasteiger partial charge in [0.15, 0.2) is 0 Å². The number of rotatable bonds is 5. The number of hydrogen-bond acceptors (Lipinski definition) is 3. The number of carbonyl (C=O) groups excluding carboxylic acids is 1. The van der Waals surface area contributed by atoms with Crippen LogP contribution in [0.25, 0.3) is 0 Å². The smallest absolute Gasteiger partial charge is 0.252 e. The maximum atomic E-state index is 12.6. The Morgan fingerprint density at radius 2 is 1.75 bits per heavy atom. The number of nitrogens with one attached hydrogen (secondary N) is 1. The van der Waals surface area contributed by atoms with E-state index in [0.29, 0.717) is 11.3 Å². The number of ether oxygens (including phenoxy) is 1. The zero-order chi connectivity index (χ0) is 17.0. The molecule has 130 valence electrons. The minimum atomic E-state index is -0.107. The predicted octanol–water partition coefficient (Wildman–Crippen LogP) is 4.13. The van der Waals surface area contributed by atoms with Crippen molar-refractivity contribution in [3.63, 3.8) is 0 Å². The summed E-state index contributed by atoms with van der Waals surface area (Å²) in [6.07, 6.45) is 0. The molecule has 2 rings (SSSR count). The summed E-state index contributed by atoms with van der Waals surface area (Å²) >= 11 is 0. The Labute approximate surface area is 149 Å². The number of hydrogen-bond donors (Lipinski definition) is 2. The van der Waals surface area contributed by atoms with E-state index in [-0.39, 0.29) is 30.3 Å². The third-order valence-electron chi connectivity index (χ3n) is 3.93. The summed E-state index contributed by atoms with van der Waals surface area (Å²) in [4.78, 5) is 12.6. The van der Waals surface area contributed by atoms with Crippen molar-refractivity contribution in [2.45, 2.75) is 26.8 Å². The fourth-order valence-corrected chi connectivity index (χ4v) is 2.55. The highest BCUT2D eigenvalue weighted by atomic mass is 35.5.